The average Bonchev–Trinajstić information content (AvgIpc) is 2.48. The number of anilines is 1. The molecule has 0 radical (unpaired) electrons. The first-order chi connectivity index (χ1) is 9.63. The third-order valence-electron chi connectivity index (χ3n) is 2.68. The number of carbonyl (C=O) groups excluding carboxylic acids is 1. The SMILES string of the molecule is COc1cc(OC)cc(C(=O)Nc2ccc[nH]c2=O)c1. The molecule has 0 fully saturated rings. The van der Waals surface area contributed by atoms with Crippen LogP contribution in [0.4, 0.5) is 5.69 Å². The van der Waals surface area contributed by atoms with Gasteiger partial charge in [-0.15, -0.1) is 0 Å². The van der Waals surface area contributed by atoms with E-state index in [4.69, 9.17) is 9.47 Å². The highest BCUT2D eigenvalue weighted by atomic mass is 16.5. The molecule has 20 heavy (non-hydrogen) atoms. The lowest BCUT2D eigenvalue weighted by Gasteiger charge is -2.08. The van der Waals surface area contributed by atoms with Gasteiger partial charge >= 0.3 is 0 Å². The van der Waals surface area contributed by atoms with Crippen molar-refractivity contribution in [3.05, 3.63) is 52.4 Å². The third-order valence-corrected chi connectivity index (χ3v) is 2.68. The van der Waals surface area contributed by atoms with Gasteiger partial charge in [0.15, 0.2) is 0 Å². The van der Waals surface area contributed by atoms with Crippen molar-refractivity contribution in [2.75, 3.05) is 19.5 Å². The van der Waals surface area contributed by atoms with Gasteiger partial charge in [-0.2, -0.15) is 0 Å². The van der Waals surface area contributed by atoms with E-state index < -0.39 is 5.91 Å². The Kier molecular flexibility index (Phi) is 4.05. The number of aromatic amines is 1. The maximum atomic E-state index is 12.1. The fourth-order valence-electron chi connectivity index (χ4n) is 1.65. The Bertz CT molecular complexity index is 657. The largest absolute Gasteiger partial charge is 0.497 e. The summed E-state index contributed by atoms with van der Waals surface area (Å²) in [5.41, 5.74) is 0.152. The summed E-state index contributed by atoms with van der Waals surface area (Å²) < 4.78 is 10.2. The Morgan fingerprint density at radius 2 is 1.80 bits per heavy atom. The molecule has 2 aromatic rings. The molecule has 0 saturated heterocycles. The first-order valence-corrected chi connectivity index (χ1v) is 5.86. The Morgan fingerprint density at radius 3 is 2.35 bits per heavy atom. The molecule has 6 nitrogen and oxygen atoms in total. The van der Waals surface area contributed by atoms with Crippen LogP contribution in [0.5, 0.6) is 11.5 Å². The Balaban J connectivity index is 2.29. The molecule has 6 heteroatoms. The molecule has 1 aromatic carbocycles. The highest BCUT2D eigenvalue weighted by Crippen LogP contribution is 2.22. The van der Waals surface area contributed by atoms with Gasteiger partial charge in [0, 0.05) is 17.8 Å². The Labute approximate surface area is 115 Å². The standard InChI is InChI=1S/C14H14N2O4/c1-19-10-6-9(7-11(8-10)20-2)13(17)16-12-4-3-5-15-14(12)18/h3-8H,1-2H3,(H,15,18)(H,16,17). The first kappa shape index (κ1) is 13.7. The summed E-state index contributed by atoms with van der Waals surface area (Å²) in [4.78, 5) is 26.1. The summed E-state index contributed by atoms with van der Waals surface area (Å²) >= 11 is 0. The molecule has 2 N–H and O–H groups in total. The fraction of sp³-hybridized carbons (Fsp3) is 0.143. The normalized spacial score (nSPS) is 9.90. The molecule has 0 saturated carbocycles. The van der Waals surface area contributed by atoms with Crippen molar-refractivity contribution in [3.8, 4) is 11.5 Å². The summed E-state index contributed by atoms with van der Waals surface area (Å²) in [6.45, 7) is 0. The molecular weight excluding hydrogens is 260 g/mol. The number of hydrogen-bond donors (Lipinski definition) is 2. The van der Waals surface area contributed by atoms with Crippen LogP contribution in [0.2, 0.25) is 0 Å². The van der Waals surface area contributed by atoms with Gasteiger partial charge in [0.2, 0.25) is 0 Å². The van der Waals surface area contributed by atoms with Crippen LogP contribution in [-0.4, -0.2) is 25.1 Å². The molecule has 0 unspecified atom stereocenters. The number of pyridine rings is 1. The van der Waals surface area contributed by atoms with E-state index in [0.29, 0.717) is 17.1 Å². The molecule has 2 rings (SSSR count). The smallest absolute Gasteiger partial charge is 0.271 e. The second kappa shape index (κ2) is 5.92. The topological polar surface area (TPSA) is 80.4 Å². The zero-order valence-corrected chi connectivity index (χ0v) is 11.1. The van der Waals surface area contributed by atoms with Crippen molar-refractivity contribution in [2.24, 2.45) is 0 Å². The van der Waals surface area contributed by atoms with Crippen LogP contribution >= 0.6 is 0 Å². The number of aromatic nitrogens is 1. The highest BCUT2D eigenvalue weighted by molar-refractivity contribution is 6.04. The predicted octanol–water partition coefficient (Wildman–Crippen LogP) is 1.64. The van der Waals surface area contributed by atoms with E-state index in [1.54, 1.807) is 24.3 Å². The lowest BCUT2D eigenvalue weighted by atomic mass is 10.2. The minimum atomic E-state index is -0.418. The number of hydrogen-bond acceptors (Lipinski definition) is 4. The van der Waals surface area contributed by atoms with Gasteiger partial charge in [-0.25, -0.2) is 0 Å². The van der Waals surface area contributed by atoms with Crippen LogP contribution < -0.4 is 20.3 Å². The van der Waals surface area contributed by atoms with Crippen LogP contribution in [0.15, 0.2) is 41.3 Å². The Morgan fingerprint density at radius 1 is 1.15 bits per heavy atom. The van der Waals surface area contributed by atoms with E-state index in [0.717, 1.165) is 0 Å². The molecule has 0 aliphatic carbocycles. The number of ether oxygens (including phenoxy) is 2. The molecule has 104 valence electrons. The lowest BCUT2D eigenvalue weighted by molar-refractivity contribution is 0.102. The van der Waals surface area contributed by atoms with E-state index in [2.05, 4.69) is 10.3 Å². The predicted molar refractivity (Wildman–Crippen MR) is 74.6 cm³/mol. The number of nitrogens with one attached hydrogen (secondary N) is 2. The zero-order chi connectivity index (χ0) is 14.5. The molecule has 1 aromatic heterocycles. The van der Waals surface area contributed by atoms with Gasteiger partial charge < -0.3 is 19.8 Å². The fourth-order valence-corrected chi connectivity index (χ4v) is 1.65. The zero-order valence-electron chi connectivity index (χ0n) is 11.1. The minimum Gasteiger partial charge on any atom is -0.497 e. The van der Waals surface area contributed by atoms with E-state index in [9.17, 15) is 9.59 Å². The average molecular weight is 274 g/mol. The number of amides is 1. The second-order valence-electron chi connectivity index (χ2n) is 3.97. The van der Waals surface area contributed by atoms with Crippen LogP contribution in [0.3, 0.4) is 0 Å². The first-order valence-electron chi connectivity index (χ1n) is 5.86. The van der Waals surface area contributed by atoms with Gasteiger partial charge in [0.25, 0.3) is 11.5 Å². The highest BCUT2D eigenvalue weighted by Gasteiger charge is 2.11. The summed E-state index contributed by atoms with van der Waals surface area (Å²) in [6, 6.07) is 7.94. The summed E-state index contributed by atoms with van der Waals surface area (Å²) in [5, 5.41) is 2.54. The van der Waals surface area contributed by atoms with Crippen molar-refractivity contribution in [1.82, 2.24) is 4.98 Å². The summed E-state index contributed by atoms with van der Waals surface area (Å²) in [7, 11) is 3.00. The van der Waals surface area contributed by atoms with Crippen molar-refractivity contribution in [3.63, 3.8) is 0 Å². The van der Waals surface area contributed by atoms with Gasteiger partial charge in [-0.05, 0) is 24.3 Å². The van der Waals surface area contributed by atoms with Crippen molar-refractivity contribution >= 4 is 11.6 Å². The number of carbonyl (C=O) groups is 1. The van der Waals surface area contributed by atoms with Crippen LogP contribution in [0, 0.1) is 0 Å². The maximum absolute atomic E-state index is 12.1. The van der Waals surface area contributed by atoms with Crippen molar-refractivity contribution in [2.45, 2.75) is 0 Å². The summed E-state index contributed by atoms with van der Waals surface area (Å²) in [6.07, 6.45) is 1.49. The third kappa shape index (κ3) is 2.97. The molecular formula is C14H14N2O4. The van der Waals surface area contributed by atoms with E-state index in [1.165, 1.54) is 26.5 Å². The summed E-state index contributed by atoms with van der Waals surface area (Å²) in [5.74, 6) is 0.576. The number of rotatable bonds is 4. The quantitative estimate of drug-likeness (QED) is 0.888. The van der Waals surface area contributed by atoms with Gasteiger partial charge in [-0.3, -0.25) is 9.59 Å². The number of methoxy groups -OCH3 is 2. The lowest BCUT2D eigenvalue weighted by Crippen LogP contribution is -2.19. The molecule has 1 heterocycles. The van der Waals surface area contributed by atoms with Crippen molar-refractivity contribution < 1.29 is 14.3 Å². The van der Waals surface area contributed by atoms with E-state index in [-0.39, 0.29) is 11.2 Å². The molecule has 0 bridgehead atoms. The van der Waals surface area contributed by atoms with E-state index in [1.807, 2.05) is 0 Å². The van der Waals surface area contributed by atoms with Gasteiger partial charge in [0.1, 0.15) is 17.2 Å². The number of H-pyrrole nitrogens is 1. The van der Waals surface area contributed by atoms with Crippen LogP contribution in [-0.2, 0) is 0 Å². The maximum Gasteiger partial charge on any atom is 0.271 e. The molecule has 0 atom stereocenters. The van der Waals surface area contributed by atoms with Crippen molar-refractivity contribution in [1.29, 1.82) is 0 Å². The minimum absolute atomic E-state index is 0.180. The second-order valence-corrected chi connectivity index (χ2v) is 3.97. The van der Waals surface area contributed by atoms with E-state index >= 15 is 0 Å². The molecule has 0 aliphatic rings. The molecule has 0 spiro atoms. The van der Waals surface area contributed by atoms with Gasteiger partial charge in [-0.1, -0.05) is 0 Å². The van der Waals surface area contributed by atoms with Crippen LogP contribution in [0.25, 0.3) is 0 Å². The molecule has 0 aliphatic heterocycles. The Hall–Kier alpha value is -2.76. The van der Waals surface area contributed by atoms with Crippen LogP contribution in [0.1, 0.15) is 10.4 Å². The number of benzene rings is 1. The monoisotopic (exact) mass is 274 g/mol. The van der Waals surface area contributed by atoms with Gasteiger partial charge in [0.05, 0.1) is 14.2 Å². The molecule has 1 amide bonds.